The highest BCUT2D eigenvalue weighted by Crippen LogP contribution is 2.21. The molecule has 0 heterocycles. The molecule has 1 amide bonds. The molecular formula is C21H19N3O5S. The molecule has 30 heavy (non-hydrogen) atoms. The van der Waals surface area contributed by atoms with Crippen LogP contribution in [-0.4, -0.2) is 49.5 Å². The van der Waals surface area contributed by atoms with E-state index >= 15 is 0 Å². The van der Waals surface area contributed by atoms with Gasteiger partial charge in [-0.3, -0.25) is 4.79 Å². The second-order valence-corrected chi connectivity index (χ2v) is 8.50. The zero-order valence-corrected chi connectivity index (χ0v) is 16.8. The van der Waals surface area contributed by atoms with Crippen LogP contribution in [0.15, 0.2) is 76.7 Å². The number of sulfonamides is 1. The number of carboxylic acids is 1. The number of hydrazone groups is 1. The van der Waals surface area contributed by atoms with Crippen LogP contribution in [-0.2, 0) is 14.8 Å². The number of carbonyl (C=O) groups is 2. The Morgan fingerprint density at radius 2 is 1.70 bits per heavy atom. The first-order valence-corrected chi connectivity index (χ1v) is 10.3. The van der Waals surface area contributed by atoms with Crippen molar-refractivity contribution in [3.8, 4) is 0 Å². The molecule has 0 saturated heterocycles. The fraction of sp³-hybridized carbons (Fsp3) is 0.0952. The third-order valence-electron chi connectivity index (χ3n) is 4.38. The van der Waals surface area contributed by atoms with Crippen LogP contribution < -0.4 is 5.43 Å². The minimum Gasteiger partial charge on any atom is -0.478 e. The van der Waals surface area contributed by atoms with Crippen LogP contribution in [0.3, 0.4) is 0 Å². The summed E-state index contributed by atoms with van der Waals surface area (Å²) in [7, 11) is -2.58. The van der Waals surface area contributed by atoms with Gasteiger partial charge < -0.3 is 5.11 Å². The van der Waals surface area contributed by atoms with Crippen molar-refractivity contribution in [3.05, 3.63) is 77.9 Å². The second kappa shape index (κ2) is 8.85. The van der Waals surface area contributed by atoms with Crippen molar-refractivity contribution in [2.45, 2.75) is 4.90 Å². The second-order valence-electron chi connectivity index (χ2n) is 6.46. The van der Waals surface area contributed by atoms with Crippen LogP contribution in [0.1, 0.15) is 15.9 Å². The van der Waals surface area contributed by atoms with E-state index in [1.807, 2.05) is 24.3 Å². The number of hydrogen-bond donors (Lipinski definition) is 2. The molecule has 3 aromatic rings. The number of benzene rings is 3. The zero-order valence-electron chi connectivity index (χ0n) is 16.0. The first kappa shape index (κ1) is 21.2. The van der Waals surface area contributed by atoms with Crippen LogP contribution in [0.5, 0.6) is 0 Å². The lowest BCUT2D eigenvalue weighted by molar-refractivity contribution is -0.121. The topological polar surface area (TPSA) is 116 Å². The minimum absolute atomic E-state index is 0.0338. The van der Waals surface area contributed by atoms with Crippen LogP contribution in [0.4, 0.5) is 0 Å². The van der Waals surface area contributed by atoms with Gasteiger partial charge in [-0.25, -0.2) is 18.6 Å². The Hall–Kier alpha value is -3.56. The summed E-state index contributed by atoms with van der Waals surface area (Å²) in [5, 5.41) is 14.5. The average Bonchev–Trinajstić information content (AvgIpc) is 2.73. The molecule has 0 aliphatic rings. The molecule has 0 aromatic heterocycles. The molecule has 2 N–H and O–H groups in total. The Morgan fingerprint density at radius 3 is 2.43 bits per heavy atom. The molecule has 0 atom stereocenters. The fourth-order valence-corrected chi connectivity index (χ4v) is 3.97. The number of nitrogens with zero attached hydrogens (tertiary/aromatic N) is 2. The molecule has 0 aliphatic heterocycles. The van der Waals surface area contributed by atoms with E-state index in [-0.39, 0.29) is 10.5 Å². The summed E-state index contributed by atoms with van der Waals surface area (Å²) in [4.78, 5) is 23.4. The van der Waals surface area contributed by atoms with Gasteiger partial charge in [-0.05, 0) is 29.0 Å². The number of nitrogens with one attached hydrogen (secondary N) is 1. The predicted molar refractivity (Wildman–Crippen MR) is 113 cm³/mol. The van der Waals surface area contributed by atoms with Crippen LogP contribution >= 0.6 is 0 Å². The molecule has 0 fully saturated rings. The van der Waals surface area contributed by atoms with E-state index < -0.39 is 28.4 Å². The molecule has 8 nitrogen and oxygen atoms in total. The first-order valence-electron chi connectivity index (χ1n) is 8.88. The number of carboxylic acid groups (broad SMARTS) is 1. The summed E-state index contributed by atoms with van der Waals surface area (Å²) in [6.45, 7) is -0.451. The van der Waals surface area contributed by atoms with Gasteiger partial charge in [0.25, 0.3) is 5.91 Å². The normalized spacial score (nSPS) is 11.8. The van der Waals surface area contributed by atoms with Crippen LogP contribution in [0, 0.1) is 0 Å². The van der Waals surface area contributed by atoms with Crippen molar-refractivity contribution >= 4 is 38.9 Å². The summed E-state index contributed by atoms with van der Waals surface area (Å²) >= 11 is 0. The first-order chi connectivity index (χ1) is 14.3. The molecule has 3 rings (SSSR count). The number of amides is 1. The smallest absolute Gasteiger partial charge is 0.336 e. The van der Waals surface area contributed by atoms with Crippen molar-refractivity contribution in [2.75, 3.05) is 13.6 Å². The van der Waals surface area contributed by atoms with Crippen molar-refractivity contribution in [1.82, 2.24) is 9.73 Å². The Bertz CT molecular complexity index is 1240. The molecule has 0 unspecified atom stereocenters. The van der Waals surface area contributed by atoms with Crippen LogP contribution in [0.25, 0.3) is 10.8 Å². The van der Waals surface area contributed by atoms with Gasteiger partial charge >= 0.3 is 5.97 Å². The molecular weight excluding hydrogens is 406 g/mol. The highest BCUT2D eigenvalue weighted by molar-refractivity contribution is 7.89. The lowest BCUT2D eigenvalue weighted by Crippen LogP contribution is -2.36. The zero-order chi connectivity index (χ0) is 21.7. The number of likely N-dealkylation sites (N-methyl/N-ethyl adjacent to an activating group) is 1. The Kier molecular flexibility index (Phi) is 6.24. The van der Waals surface area contributed by atoms with Crippen molar-refractivity contribution in [3.63, 3.8) is 0 Å². The Labute approximate surface area is 173 Å². The molecule has 0 spiro atoms. The summed E-state index contributed by atoms with van der Waals surface area (Å²) in [6, 6.07) is 18.3. The van der Waals surface area contributed by atoms with E-state index in [1.165, 1.54) is 31.5 Å². The maximum absolute atomic E-state index is 12.8. The number of carbonyl (C=O) groups excluding carboxylic acids is 1. The van der Waals surface area contributed by atoms with Gasteiger partial charge in [0.05, 0.1) is 23.2 Å². The van der Waals surface area contributed by atoms with Gasteiger partial charge in [0.15, 0.2) is 0 Å². The van der Waals surface area contributed by atoms with Crippen molar-refractivity contribution in [2.24, 2.45) is 5.10 Å². The van der Waals surface area contributed by atoms with E-state index in [2.05, 4.69) is 10.5 Å². The molecule has 3 aromatic carbocycles. The van der Waals surface area contributed by atoms with E-state index in [0.717, 1.165) is 15.1 Å². The molecule has 154 valence electrons. The number of rotatable bonds is 7. The summed E-state index contributed by atoms with van der Waals surface area (Å²) in [5.41, 5.74) is 2.55. The molecule has 0 aliphatic carbocycles. The molecule has 0 saturated carbocycles. The van der Waals surface area contributed by atoms with E-state index in [0.29, 0.717) is 5.56 Å². The third-order valence-corrected chi connectivity index (χ3v) is 6.18. The van der Waals surface area contributed by atoms with Gasteiger partial charge in [-0.2, -0.15) is 9.41 Å². The molecule has 9 heteroatoms. The summed E-state index contributed by atoms with van der Waals surface area (Å²) in [5.74, 6) is -1.78. The monoisotopic (exact) mass is 425 g/mol. The summed E-state index contributed by atoms with van der Waals surface area (Å²) < 4.78 is 26.5. The lowest BCUT2D eigenvalue weighted by atomic mass is 10.1. The molecule has 0 bridgehead atoms. The highest BCUT2D eigenvalue weighted by Gasteiger charge is 2.23. The van der Waals surface area contributed by atoms with Gasteiger partial charge in [0.1, 0.15) is 0 Å². The maximum Gasteiger partial charge on any atom is 0.336 e. The van der Waals surface area contributed by atoms with E-state index in [9.17, 15) is 18.0 Å². The van der Waals surface area contributed by atoms with E-state index in [1.54, 1.807) is 24.3 Å². The Balaban J connectivity index is 1.68. The van der Waals surface area contributed by atoms with Gasteiger partial charge in [-0.1, -0.05) is 48.5 Å². The number of hydrogen-bond acceptors (Lipinski definition) is 5. The fourth-order valence-electron chi connectivity index (χ4n) is 2.81. The van der Waals surface area contributed by atoms with Crippen molar-refractivity contribution < 1.29 is 23.1 Å². The SMILES string of the molecule is CN(CC(=O)N/N=C\c1ccccc1C(=O)O)S(=O)(=O)c1ccc2ccccc2c1. The Morgan fingerprint density at radius 1 is 1.03 bits per heavy atom. The maximum atomic E-state index is 12.8. The largest absolute Gasteiger partial charge is 0.478 e. The van der Waals surface area contributed by atoms with E-state index in [4.69, 9.17) is 5.11 Å². The standard InChI is InChI=1S/C21H19N3O5S/c1-24(30(28,29)18-11-10-15-6-2-3-7-16(15)12-18)14-20(25)23-22-13-17-8-4-5-9-19(17)21(26)27/h2-13H,14H2,1H3,(H,23,25)(H,26,27)/b22-13-. The quantitative estimate of drug-likeness (QED) is 0.445. The minimum atomic E-state index is -3.88. The predicted octanol–water partition coefficient (Wildman–Crippen LogP) is 2.31. The van der Waals surface area contributed by atoms with Crippen LogP contribution in [0.2, 0.25) is 0 Å². The summed E-state index contributed by atoms with van der Waals surface area (Å²) in [6.07, 6.45) is 1.19. The lowest BCUT2D eigenvalue weighted by Gasteiger charge is -2.16. The van der Waals surface area contributed by atoms with Gasteiger partial charge in [0, 0.05) is 12.6 Å². The number of fused-ring (bicyclic) bond motifs is 1. The van der Waals surface area contributed by atoms with Gasteiger partial charge in [0.2, 0.25) is 10.0 Å². The third kappa shape index (κ3) is 4.70. The van der Waals surface area contributed by atoms with Crippen molar-refractivity contribution in [1.29, 1.82) is 0 Å². The average molecular weight is 425 g/mol. The highest BCUT2D eigenvalue weighted by atomic mass is 32.2. The van der Waals surface area contributed by atoms with Gasteiger partial charge in [-0.15, -0.1) is 0 Å². The molecule has 0 radical (unpaired) electrons. The number of aromatic carboxylic acids is 1.